The topological polar surface area (TPSA) is 91.4 Å². The van der Waals surface area contributed by atoms with Crippen LogP contribution >= 0.6 is 23.4 Å². The lowest BCUT2D eigenvalue weighted by Crippen LogP contribution is -2.54. The number of nitro groups is 1. The van der Waals surface area contributed by atoms with Crippen molar-refractivity contribution >= 4 is 57.0 Å². The van der Waals surface area contributed by atoms with E-state index in [1.807, 2.05) is 54.6 Å². The van der Waals surface area contributed by atoms with Crippen LogP contribution in [0.4, 0.5) is 17.1 Å². The van der Waals surface area contributed by atoms with E-state index in [-0.39, 0.29) is 22.2 Å². The average Bonchev–Trinajstić information content (AvgIpc) is 3.25. The van der Waals surface area contributed by atoms with Crippen LogP contribution in [0.1, 0.15) is 12.5 Å². The van der Waals surface area contributed by atoms with Gasteiger partial charge in [-0.1, -0.05) is 54.1 Å². The van der Waals surface area contributed by atoms with E-state index < -0.39 is 9.92 Å². The molecule has 174 valence electrons. The van der Waals surface area contributed by atoms with Crippen LogP contribution in [0.15, 0.2) is 101 Å². The fraction of sp³-hybridized carbons (Fsp3) is 0.0800. The maximum absolute atomic E-state index is 12.4. The minimum absolute atomic E-state index is 0.130. The number of hydrogen-bond donors (Lipinski definition) is 0. The molecule has 0 amide bonds. The summed E-state index contributed by atoms with van der Waals surface area (Å²) in [6.45, 7) is 1.42. The molecule has 0 radical (unpaired) electrons. The van der Waals surface area contributed by atoms with Gasteiger partial charge in [0.15, 0.2) is 10.8 Å². The van der Waals surface area contributed by atoms with Gasteiger partial charge in [-0.15, -0.1) is 0 Å². The number of thioether (sulfide) groups is 1. The quantitative estimate of drug-likeness (QED) is 0.321. The fourth-order valence-corrected chi connectivity index (χ4v) is 5.10. The number of hydrogen-bond acceptors (Lipinski definition) is 8. The molecule has 3 aromatic rings. The molecule has 0 saturated carbocycles. The molecule has 0 saturated heterocycles. The van der Waals surface area contributed by atoms with Crippen LogP contribution < -0.4 is 10.0 Å². The molecular formula is C25H18ClN5O3S. The van der Waals surface area contributed by atoms with E-state index in [2.05, 4.69) is 5.10 Å². The van der Waals surface area contributed by atoms with Crippen molar-refractivity contribution in [1.29, 1.82) is 0 Å². The van der Waals surface area contributed by atoms with Gasteiger partial charge in [0.2, 0.25) is 4.99 Å². The number of carbonyl (C=O) groups is 1. The molecule has 0 aliphatic carbocycles. The summed E-state index contributed by atoms with van der Waals surface area (Å²) in [4.78, 5) is 22.6. The minimum atomic E-state index is -1.19. The Morgan fingerprint density at radius 3 is 2.34 bits per heavy atom. The molecule has 0 fully saturated rings. The van der Waals surface area contributed by atoms with Crippen molar-refractivity contribution < 1.29 is 9.72 Å². The molecule has 1 spiro atoms. The number of rotatable bonds is 5. The van der Waals surface area contributed by atoms with Gasteiger partial charge in [-0.3, -0.25) is 14.9 Å². The van der Waals surface area contributed by atoms with Gasteiger partial charge in [-0.05, 0) is 54.2 Å². The van der Waals surface area contributed by atoms with E-state index in [9.17, 15) is 14.9 Å². The largest absolute Gasteiger partial charge is 0.294 e. The smallest absolute Gasteiger partial charge is 0.292 e. The number of halogens is 1. The highest BCUT2D eigenvalue weighted by molar-refractivity contribution is 8.17. The number of nitrogens with zero attached hydrogens (tertiary/aromatic N) is 5. The van der Waals surface area contributed by atoms with Gasteiger partial charge in [0.25, 0.3) is 5.69 Å². The number of allylic oxidation sites excluding steroid dienone is 1. The zero-order valence-electron chi connectivity index (χ0n) is 18.4. The van der Waals surface area contributed by atoms with Crippen molar-refractivity contribution in [3.8, 4) is 0 Å². The van der Waals surface area contributed by atoms with Crippen LogP contribution in [-0.4, -0.2) is 26.5 Å². The van der Waals surface area contributed by atoms with Crippen LogP contribution in [0, 0.1) is 10.1 Å². The number of nitro benzene ring substituents is 1. The van der Waals surface area contributed by atoms with Gasteiger partial charge < -0.3 is 0 Å². The second kappa shape index (κ2) is 9.01. The first kappa shape index (κ1) is 22.8. The van der Waals surface area contributed by atoms with E-state index in [0.29, 0.717) is 10.7 Å². The van der Waals surface area contributed by atoms with Crippen molar-refractivity contribution in [1.82, 2.24) is 0 Å². The molecule has 0 N–H and O–H groups in total. The Bertz CT molecular complexity index is 1410. The summed E-state index contributed by atoms with van der Waals surface area (Å²) in [6, 6.07) is 23.0. The Morgan fingerprint density at radius 1 is 0.971 bits per heavy atom. The minimum Gasteiger partial charge on any atom is -0.292 e. The number of anilines is 2. The predicted molar refractivity (Wildman–Crippen MR) is 140 cm³/mol. The zero-order valence-corrected chi connectivity index (χ0v) is 20.0. The number of Topliss-reactive ketones (excluding diaryl/α,β-unsaturated/α-hetero) is 1. The fourth-order valence-electron chi connectivity index (χ4n) is 3.83. The number of ketones is 1. The number of hydrazone groups is 2. The second-order valence-electron chi connectivity index (χ2n) is 7.75. The lowest BCUT2D eigenvalue weighted by molar-refractivity contribution is -0.384. The van der Waals surface area contributed by atoms with Crippen LogP contribution in [0.2, 0.25) is 5.02 Å². The van der Waals surface area contributed by atoms with Gasteiger partial charge >= 0.3 is 0 Å². The van der Waals surface area contributed by atoms with E-state index in [1.165, 1.54) is 29.8 Å². The maximum Gasteiger partial charge on any atom is 0.294 e. The highest BCUT2D eigenvalue weighted by atomic mass is 35.5. The van der Waals surface area contributed by atoms with Crippen LogP contribution in [0.3, 0.4) is 0 Å². The summed E-state index contributed by atoms with van der Waals surface area (Å²) >= 11 is 7.25. The Balaban J connectivity index is 1.71. The summed E-state index contributed by atoms with van der Waals surface area (Å²) in [5.74, 6) is -0.246. The van der Waals surface area contributed by atoms with E-state index >= 15 is 0 Å². The van der Waals surface area contributed by atoms with Gasteiger partial charge in [-0.25, -0.2) is 10.0 Å². The van der Waals surface area contributed by atoms with Crippen LogP contribution in [0.5, 0.6) is 0 Å². The first-order chi connectivity index (χ1) is 16.9. The molecule has 3 aromatic carbocycles. The number of para-hydroxylation sites is 3. The summed E-state index contributed by atoms with van der Waals surface area (Å²) in [7, 11) is 0. The monoisotopic (exact) mass is 503 g/mol. The molecule has 1 unspecified atom stereocenters. The SMILES string of the molecule is CC(=O)C1=NN(c2ccccc2[N+](=O)[O-])C2(C=CC(c3ccc(Cl)cc3)=NN2c2ccccc2)S1. The molecule has 0 aromatic heterocycles. The van der Waals surface area contributed by atoms with E-state index in [1.54, 1.807) is 35.3 Å². The van der Waals surface area contributed by atoms with E-state index in [0.717, 1.165) is 11.3 Å². The molecule has 35 heavy (non-hydrogen) atoms. The van der Waals surface area contributed by atoms with Gasteiger partial charge in [-0.2, -0.15) is 10.2 Å². The number of benzene rings is 3. The molecule has 2 aliphatic rings. The zero-order chi connectivity index (χ0) is 24.6. The molecular weight excluding hydrogens is 486 g/mol. The third kappa shape index (κ3) is 4.09. The average molecular weight is 504 g/mol. The summed E-state index contributed by atoms with van der Waals surface area (Å²) in [5, 5.41) is 25.4. The first-order valence-electron chi connectivity index (χ1n) is 10.6. The lowest BCUT2D eigenvalue weighted by atomic mass is 10.1. The number of carbonyl (C=O) groups excluding carboxylic acids is 1. The molecule has 2 aliphatic heterocycles. The first-order valence-corrected chi connectivity index (χ1v) is 11.8. The maximum atomic E-state index is 12.4. The van der Waals surface area contributed by atoms with Crippen molar-refractivity contribution in [3.05, 3.63) is 112 Å². The predicted octanol–water partition coefficient (Wildman–Crippen LogP) is 5.84. The van der Waals surface area contributed by atoms with Crippen molar-refractivity contribution in [2.75, 3.05) is 10.0 Å². The highest BCUT2D eigenvalue weighted by Gasteiger charge is 2.52. The standard InChI is InChI=1S/C25H18ClN5O3S/c1-17(32)24-28-30(22-9-5-6-10-23(22)31(33)34)25(35-24)16-15-21(18-11-13-19(26)14-12-18)27-29(25)20-7-3-2-4-8-20/h2-16H,1H3. The Morgan fingerprint density at radius 2 is 1.66 bits per heavy atom. The molecule has 0 bridgehead atoms. The van der Waals surface area contributed by atoms with Crippen molar-refractivity contribution in [3.63, 3.8) is 0 Å². The molecule has 8 nitrogen and oxygen atoms in total. The molecule has 5 rings (SSSR count). The summed E-state index contributed by atoms with van der Waals surface area (Å²) < 4.78 is 0. The van der Waals surface area contributed by atoms with Crippen molar-refractivity contribution in [2.45, 2.75) is 11.9 Å². The lowest BCUT2D eigenvalue weighted by Gasteiger charge is -2.43. The third-order valence-corrected chi connectivity index (χ3v) is 7.06. The highest BCUT2D eigenvalue weighted by Crippen LogP contribution is 2.49. The van der Waals surface area contributed by atoms with Gasteiger partial charge in [0.1, 0.15) is 5.69 Å². The van der Waals surface area contributed by atoms with E-state index in [4.69, 9.17) is 16.7 Å². The summed E-state index contributed by atoms with van der Waals surface area (Å²) in [5.41, 5.74) is 2.34. The Labute approximate surface area is 210 Å². The van der Waals surface area contributed by atoms with Crippen LogP contribution in [0.25, 0.3) is 0 Å². The second-order valence-corrected chi connectivity index (χ2v) is 9.38. The normalized spacial score (nSPS) is 19.0. The molecule has 10 heteroatoms. The van der Waals surface area contributed by atoms with Crippen LogP contribution in [-0.2, 0) is 4.79 Å². The third-order valence-electron chi connectivity index (χ3n) is 5.46. The molecule has 2 heterocycles. The summed E-state index contributed by atoms with van der Waals surface area (Å²) in [6.07, 6.45) is 3.69. The Kier molecular flexibility index (Phi) is 5.88. The van der Waals surface area contributed by atoms with Gasteiger partial charge in [0.05, 0.1) is 16.3 Å². The van der Waals surface area contributed by atoms with Crippen molar-refractivity contribution in [2.24, 2.45) is 10.2 Å². The van der Waals surface area contributed by atoms with Gasteiger partial charge in [0, 0.05) is 23.6 Å². The molecule has 1 atom stereocenters. The Hall–Kier alpha value is -3.95.